The van der Waals surface area contributed by atoms with E-state index in [1.54, 1.807) is 0 Å². The lowest BCUT2D eigenvalue weighted by atomic mass is 10.5. The highest BCUT2D eigenvalue weighted by molar-refractivity contribution is 7.80. The molecule has 1 amide bonds. The van der Waals surface area contributed by atoms with Crippen molar-refractivity contribution in [2.75, 3.05) is 26.7 Å². The number of carbonyl (C=O) groups is 1. The van der Waals surface area contributed by atoms with Crippen molar-refractivity contribution in [1.82, 2.24) is 10.6 Å². The van der Waals surface area contributed by atoms with Gasteiger partial charge in [-0.15, -0.1) is 0 Å². The SMILES string of the molecule is COC(=S)CNC(=S)CNC(=O)CN. The molecular formula is C7H13N3O2S2. The van der Waals surface area contributed by atoms with Gasteiger partial charge in [0.05, 0.1) is 31.7 Å². The van der Waals surface area contributed by atoms with Crippen molar-refractivity contribution >= 4 is 40.4 Å². The predicted octanol–water partition coefficient (Wildman–Crippen LogP) is -1.05. The van der Waals surface area contributed by atoms with Crippen LogP contribution in [0.5, 0.6) is 0 Å². The Bertz CT molecular complexity index is 211. The Morgan fingerprint density at radius 1 is 1.36 bits per heavy atom. The zero-order valence-corrected chi connectivity index (χ0v) is 9.46. The molecule has 0 aromatic carbocycles. The first-order valence-electron chi connectivity index (χ1n) is 3.90. The molecule has 0 aliphatic carbocycles. The first-order chi connectivity index (χ1) is 6.60. The normalized spacial score (nSPS) is 9.00. The molecule has 5 nitrogen and oxygen atoms in total. The van der Waals surface area contributed by atoms with Crippen LogP contribution in [0.1, 0.15) is 0 Å². The van der Waals surface area contributed by atoms with E-state index in [4.69, 9.17) is 34.9 Å². The number of hydrogen-bond donors (Lipinski definition) is 3. The molecule has 7 heteroatoms. The van der Waals surface area contributed by atoms with Gasteiger partial charge in [-0.1, -0.05) is 12.2 Å². The van der Waals surface area contributed by atoms with Crippen LogP contribution in [0, 0.1) is 0 Å². The highest BCUT2D eigenvalue weighted by Gasteiger charge is 2.01. The molecule has 80 valence electrons. The summed E-state index contributed by atoms with van der Waals surface area (Å²) in [5.74, 6) is -0.247. The van der Waals surface area contributed by atoms with Crippen LogP contribution >= 0.6 is 24.4 Å². The fourth-order valence-corrected chi connectivity index (χ4v) is 0.773. The number of nitrogens with one attached hydrogen (secondary N) is 2. The molecule has 0 aromatic rings. The molecule has 0 rings (SSSR count). The molecular weight excluding hydrogens is 222 g/mol. The third kappa shape index (κ3) is 6.70. The van der Waals surface area contributed by atoms with Gasteiger partial charge in [0.15, 0.2) is 5.05 Å². The topological polar surface area (TPSA) is 76.4 Å². The molecule has 0 aliphatic heterocycles. The maximum atomic E-state index is 10.7. The molecule has 0 bridgehead atoms. The van der Waals surface area contributed by atoms with Gasteiger partial charge >= 0.3 is 0 Å². The Morgan fingerprint density at radius 3 is 2.50 bits per heavy atom. The van der Waals surface area contributed by atoms with Crippen LogP contribution < -0.4 is 16.4 Å². The summed E-state index contributed by atoms with van der Waals surface area (Å²) in [7, 11) is 1.49. The maximum Gasteiger partial charge on any atom is 0.234 e. The lowest BCUT2D eigenvalue weighted by molar-refractivity contribution is -0.119. The molecule has 0 heterocycles. The van der Waals surface area contributed by atoms with Gasteiger partial charge in [0, 0.05) is 0 Å². The molecule has 0 saturated heterocycles. The van der Waals surface area contributed by atoms with E-state index in [1.165, 1.54) is 7.11 Å². The van der Waals surface area contributed by atoms with Crippen molar-refractivity contribution in [3.63, 3.8) is 0 Å². The number of carbonyl (C=O) groups excluding carboxylic acids is 1. The fourth-order valence-electron chi connectivity index (χ4n) is 0.556. The lowest BCUT2D eigenvalue weighted by Gasteiger charge is -2.08. The highest BCUT2D eigenvalue weighted by Crippen LogP contribution is 1.77. The Morgan fingerprint density at radius 2 is 2.00 bits per heavy atom. The van der Waals surface area contributed by atoms with E-state index in [9.17, 15) is 4.79 Å². The van der Waals surface area contributed by atoms with E-state index in [1.807, 2.05) is 0 Å². The van der Waals surface area contributed by atoms with Crippen molar-refractivity contribution in [3.8, 4) is 0 Å². The van der Waals surface area contributed by atoms with Crippen LogP contribution in [0.2, 0.25) is 0 Å². The molecule has 0 spiro atoms. The smallest absolute Gasteiger partial charge is 0.234 e. The van der Waals surface area contributed by atoms with Crippen molar-refractivity contribution in [2.24, 2.45) is 5.73 Å². The Labute approximate surface area is 93.4 Å². The number of nitrogens with two attached hydrogens (primary N) is 1. The largest absolute Gasteiger partial charge is 0.488 e. The van der Waals surface area contributed by atoms with Crippen LogP contribution in [0.15, 0.2) is 0 Å². The lowest BCUT2D eigenvalue weighted by Crippen LogP contribution is -2.40. The van der Waals surface area contributed by atoms with Crippen molar-refractivity contribution in [1.29, 1.82) is 0 Å². The summed E-state index contributed by atoms with van der Waals surface area (Å²) in [6.07, 6.45) is 0. The van der Waals surface area contributed by atoms with E-state index in [0.717, 1.165) is 0 Å². The quantitative estimate of drug-likeness (QED) is 0.528. The summed E-state index contributed by atoms with van der Waals surface area (Å²) in [5, 5.41) is 5.76. The van der Waals surface area contributed by atoms with Crippen LogP contribution in [0.3, 0.4) is 0 Å². The molecule has 0 aromatic heterocycles. The zero-order valence-electron chi connectivity index (χ0n) is 7.83. The first kappa shape index (κ1) is 13.2. The van der Waals surface area contributed by atoms with E-state index >= 15 is 0 Å². The number of methoxy groups -OCH3 is 1. The predicted molar refractivity (Wildman–Crippen MR) is 62.3 cm³/mol. The molecule has 0 aliphatic rings. The van der Waals surface area contributed by atoms with Crippen molar-refractivity contribution in [3.05, 3.63) is 0 Å². The number of hydrogen-bond acceptors (Lipinski definition) is 5. The van der Waals surface area contributed by atoms with Gasteiger partial charge in [-0.3, -0.25) is 4.79 Å². The van der Waals surface area contributed by atoms with Crippen LogP contribution in [-0.2, 0) is 9.53 Å². The zero-order chi connectivity index (χ0) is 11.0. The minimum absolute atomic E-state index is 0.0426. The van der Waals surface area contributed by atoms with Crippen molar-refractivity contribution < 1.29 is 9.53 Å². The molecule has 0 atom stereocenters. The third-order valence-corrected chi connectivity index (χ3v) is 1.89. The minimum atomic E-state index is -0.247. The van der Waals surface area contributed by atoms with Gasteiger partial charge in [-0.2, -0.15) is 0 Å². The third-order valence-electron chi connectivity index (χ3n) is 1.29. The Kier molecular flexibility index (Phi) is 7.17. The maximum absolute atomic E-state index is 10.7. The van der Waals surface area contributed by atoms with Crippen LogP contribution in [0.4, 0.5) is 0 Å². The molecule has 0 fully saturated rings. The number of amides is 1. The summed E-state index contributed by atoms with van der Waals surface area (Å²) in [6.45, 7) is 0.583. The van der Waals surface area contributed by atoms with E-state index < -0.39 is 0 Å². The number of rotatable bonds is 5. The van der Waals surface area contributed by atoms with Gasteiger partial charge in [-0.05, 0) is 12.2 Å². The first-order valence-corrected chi connectivity index (χ1v) is 4.72. The Balaban J connectivity index is 3.56. The van der Waals surface area contributed by atoms with E-state index in [2.05, 4.69) is 10.6 Å². The summed E-state index contributed by atoms with van der Waals surface area (Å²) < 4.78 is 4.75. The number of thiocarbonyl (C=S) groups is 2. The molecule has 4 N–H and O–H groups in total. The van der Waals surface area contributed by atoms with Gasteiger partial charge < -0.3 is 21.1 Å². The molecule has 0 radical (unpaired) electrons. The van der Waals surface area contributed by atoms with Crippen molar-refractivity contribution in [2.45, 2.75) is 0 Å². The van der Waals surface area contributed by atoms with Crippen LogP contribution in [0.25, 0.3) is 0 Å². The second-order valence-electron chi connectivity index (χ2n) is 2.33. The van der Waals surface area contributed by atoms with E-state index in [-0.39, 0.29) is 19.0 Å². The van der Waals surface area contributed by atoms with Gasteiger partial charge in [0.25, 0.3) is 0 Å². The van der Waals surface area contributed by atoms with Gasteiger partial charge in [0.1, 0.15) is 0 Å². The van der Waals surface area contributed by atoms with E-state index in [0.29, 0.717) is 16.6 Å². The second-order valence-corrected chi connectivity index (χ2v) is 3.28. The molecule has 0 unspecified atom stereocenters. The van der Waals surface area contributed by atoms with Crippen LogP contribution in [-0.4, -0.2) is 42.7 Å². The molecule has 14 heavy (non-hydrogen) atoms. The monoisotopic (exact) mass is 235 g/mol. The minimum Gasteiger partial charge on any atom is -0.488 e. The second kappa shape index (κ2) is 7.60. The summed E-state index contributed by atoms with van der Waals surface area (Å²) in [4.78, 5) is 11.2. The summed E-state index contributed by atoms with van der Waals surface area (Å²) in [6, 6.07) is 0. The molecule has 0 saturated carbocycles. The summed E-state index contributed by atoms with van der Waals surface area (Å²) >= 11 is 9.69. The van der Waals surface area contributed by atoms with Gasteiger partial charge in [0.2, 0.25) is 5.91 Å². The average molecular weight is 235 g/mol. The summed E-state index contributed by atoms with van der Waals surface area (Å²) in [5.41, 5.74) is 5.09. The highest BCUT2D eigenvalue weighted by atomic mass is 32.1. The fraction of sp³-hybridized carbons (Fsp3) is 0.571. The Hall–Kier alpha value is -0.790. The number of ether oxygens (including phenoxy) is 1. The van der Waals surface area contributed by atoms with Gasteiger partial charge in [-0.25, -0.2) is 0 Å². The standard InChI is InChI=1S/C7H13N3O2S2/c1-12-7(14)4-10-6(13)3-9-5(11)2-8/h2-4,8H2,1H3,(H,9,11)(H,10,13). The average Bonchev–Trinajstić information content (AvgIpc) is 2.22.